The minimum Gasteiger partial charge on any atom is -0.312 e. The van der Waals surface area contributed by atoms with Gasteiger partial charge in [-0.1, -0.05) is 110 Å². The first-order valence-electron chi connectivity index (χ1n) is 16.2. The van der Waals surface area contributed by atoms with Gasteiger partial charge < -0.3 is 13.7 Å². The highest BCUT2D eigenvalue weighted by Gasteiger charge is 2.29. The van der Waals surface area contributed by atoms with Crippen LogP contribution >= 0.6 is 0 Å². The molecule has 10 rings (SSSR count). The standard InChI is InChI=1S/C43H31N3/c1-28-16-8-12-24-34(28)46-37-27-15-11-23-33(37)40-42-38(31-21-9-13-25-35(31)44(42)29-17-4-2-5-18-29)41-39(43(40)46)32-22-10-14-26-36(32)45(41)30-19-6-3-7-20-30/h2-15,17-28H,16H2,1H3. The van der Waals surface area contributed by atoms with Gasteiger partial charge in [-0.3, -0.25) is 0 Å². The first kappa shape index (κ1) is 25.5. The van der Waals surface area contributed by atoms with Gasteiger partial charge in [0.2, 0.25) is 0 Å². The molecule has 0 saturated heterocycles. The molecule has 0 aliphatic heterocycles. The molecule has 1 aliphatic rings. The van der Waals surface area contributed by atoms with Crippen molar-refractivity contribution in [1.29, 1.82) is 0 Å². The van der Waals surface area contributed by atoms with Gasteiger partial charge in [-0.2, -0.15) is 0 Å². The highest BCUT2D eigenvalue weighted by molar-refractivity contribution is 6.40. The normalized spacial score (nSPS) is 15.2. The third-order valence-corrected chi connectivity index (χ3v) is 10.0. The second-order valence-electron chi connectivity index (χ2n) is 12.6. The van der Waals surface area contributed by atoms with Gasteiger partial charge in [0.15, 0.2) is 0 Å². The van der Waals surface area contributed by atoms with Crippen molar-refractivity contribution in [2.24, 2.45) is 5.92 Å². The molecule has 6 aromatic carbocycles. The van der Waals surface area contributed by atoms with Crippen LogP contribution in [0.25, 0.3) is 82.5 Å². The first-order valence-corrected chi connectivity index (χ1v) is 16.2. The Kier molecular flexibility index (Phi) is 5.32. The highest BCUT2D eigenvalue weighted by Crippen LogP contribution is 2.50. The van der Waals surface area contributed by atoms with E-state index in [-0.39, 0.29) is 0 Å². The Balaban J connectivity index is 1.61. The first-order chi connectivity index (χ1) is 22.8. The number of aromatic nitrogens is 3. The van der Waals surface area contributed by atoms with E-state index in [2.05, 4.69) is 172 Å². The molecule has 0 radical (unpaired) electrons. The summed E-state index contributed by atoms with van der Waals surface area (Å²) in [5.74, 6) is 0.386. The molecule has 0 N–H and O–H groups in total. The van der Waals surface area contributed by atoms with Gasteiger partial charge in [0.25, 0.3) is 0 Å². The van der Waals surface area contributed by atoms with E-state index < -0.39 is 0 Å². The van der Waals surface area contributed by atoms with Gasteiger partial charge in [0.05, 0.1) is 33.1 Å². The summed E-state index contributed by atoms with van der Waals surface area (Å²) in [6.45, 7) is 2.36. The third-order valence-electron chi connectivity index (χ3n) is 10.0. The predicted octanol–water partition coefficient (Wildman–Crippen LogP) is 11.4. The quantitative estimate of drug-likeness (QED) is 0.195. The molecule has 1 unspecified atom stereocenters. The SMILES string of the molecule is CC1CC=CC=C1n1c2ccccc2c2c1c1c3ccccc3n(-c3ccccc3)c1c1c3ccccc3n(-c3ccccc3)c21. The number of fused-ring (bicyclic) bond motifs is 12. The Labute approximate surface area is 266 Å². The van der Waals surface area contributed by atoms with Crippen LogP contribution in [0.3, 0.4) is 0 Å². The molecule has 0 fully saturated rings. The van der Waals surface area contributed by atoms with E-state index in [1.165, 1.54) is 82.5 Å². The van der Waals surface area contributed by atoms with Crippen LogP contribution in [-0.4, -0.2) is 13.7 Å². The van der Waals surface area contributed by atoms with Gasteiger partial charge in [0, 0.05) is 55.3 Å². The predicted molar refractivity (Wildman–Crippen MR) is 195 cm³/mol. The maximum Gasteiger partial charge on any atom is 0.0663 e. The fourth-order valence-corrected chi connectivity index (χ4v) is 8.14. The number of allylic oxidation sites excluding steroid dienone is 4. The second-order valence-corrected chi connectivity index (χ2v) is 12.6. The molecule has 9 aromatic rings. The molecule has 3 heteroatoms. The summed E-state index contributed by atoms with van der Waals surface area (Å²) in [7, 11) is 0. The summed E-state index contributed by atoms with van der Waals surface area (Å²) >= 11 is 0. The van der Waals surface area contributed by atoms with Crippen LogP contribution < -0.4 is 0 Å². The lowest BCUT2D eigenvalue weighted by molar-refractivity contribution is 0.725. The summed E-state index contributed by atoms with van der Waals surface area (Å²) in [4.78, 5) is 0. The van der Waals surface area contributed by atoms with Crippen molar-refractivity contribution in [3.63, 3.8) is 0 Å². The zero-order chi connectivity index (χ0) is 30.4. The molecule has 0 saturated carbocycles. The Morgan fingerprint density at radius 2 is 0.848 bits per heavy atom. The molecule has 0 amide bonds. The van der Waals surface area contributed by atoms with Crippen molar-refractivity contribution in [3.05, 3.63) is 152 Å². The fourth-order valence-electron chi connectivity index (χ4n) is 8.14. The number of hydrogen-bond acceptors (Lipinski definition) is 0. The lowest BCUT2D eigenvalue weighted by Gasteiger charge is -2.21. The van der Waals surface area contributed by atoms with Crippen LogP contribution in [0.1, 0.15) is 13.3 Å². The molecule has 3 aromatic heterocycles. The van der Waals surface area contributed by atoms with Crippen LogP contribution in [0.5, 0.6) is 0 Å². The Morgan fingerprint density at radius 1 is 0.457 bits per heavy atom. The maximum atomic E-state index is 2.59. The molecular formula is C43H31N3. The van der Waals surface area contributed by atoms with E-state index in [9.17, 15) is 0 Å². The van der Waals surface area contributed by atoms with E-state index >= 15 is 0 Å². The molecule has 0 bridgehead atoms. The van der Waals surface area contributed by atoms with Gasteiger partial charge in [-0.25, -0.2) is 0 Å². The summed E-state index contributed by atoms with van der Waals surface area (Å²) in [6, 6.07) is 48.7. The van der Waals surface area contributed by atoms with Gasteiger partial charge in [0.1, 0.15) is 0 Å². The molecule has 0 spiro atoms. The molecule has 1 atom stereocenters. The number of nitrogens with zero attached hydrogens (tertiary/aromatic N) is 3. The smallest absolute Gasteiger partial charge is 0.0663 e. The number of para-hydroxylation sites is 5. The average molecular weight is 590 g/mol. The van der Waals surface area contributed by atoms with Crippen LogP contribution in [-0.2, 0) is 0 Å². The molecule has 218 valence electrons. The molecule has 46 heavy (non-hydrogen) atoms. The molecule has 1 aliphatic carbocycles. The zero-order valence-corrected chi connectivity index (χ0v) is 25.6. The third kappa shape index (κ3) is 3.32. The fraction of sp³-hybridized carbons (Fsp3) is 0.0698. The Hall–Kier alpha value is -5.80. The van der Waals surface area contributed by atoms with E-state index in [1.54, 1.807) is 0 Å². The van der Waals surface area contributed by atoms with Crippen LogP contribution in [0.15, 0.2) is 152 Å². The second kappa shape index (κ2) is 9.60. The van der Waals surface area contributed by atoms with Crippen molar-refractivity contribution < 1.29 is 0 Å². The van der Waals surface area contributed by atoms with Gasteiger partial charge >= 0.3 is 0 Å². The van der Waals surface area contributed by atoms with E-state index in [0.717, 1.165) is 6.42 Å². The largest absolute Gasteiger partial charge is 0.312 e. The Morgan fingerprint density at radius 3 is 1.30 bits per heavy atom. The van der Waals surface area contributed by atoms with Crippen molar-refractivity contribution in [2.45, 2.75) is 13.3 Å². The van der Waals surface area contributed by atoms with Crippen LogP contribution in [0.4, 0.5) is 0 Å². The van der Waals surface area contributed by atoms with E-state index in [0.29, 0.717) is 5.92 Å². The number of hydrogen-bond donors (Lipinski definition) is 0. The summed E-state index contributed by atoms with van der Waals surface area (Å²) < 4.78 is 7.61. The summed E-state index contributed by atoms with van der Waals surface area (Å²) in [6.07, 6.45) is 7.89. The molecular weight excluding hydrogens is 558 g/mol. The molecule has 3 nitrogen and oxygen atoms in total. The lowest BCUT2D eigenvalue weighted by Crippen LogP contribution is -2.08. The Bertz CT molecular complexity index is 2640. The monoisotopic (exact) mass is 589 g/mol. The van der Waals surface area contributed by atoms with Crippen LogP contribution in [0, 0.1) is 5.92 Å². The zero-order valence-electron chi connectivity index (χ0n) is 25.6. The number of benzene rings is 6. The van der Waals surface area contributed by atoms with E-state index in [4.69, 9.17) is 0 Å². The minimum absolute atomic E-state index is 0.386. The topological polar surface area (TPSA) is 14.8 Å². The van der Waals surface area contributed by atoms with Crippen molar-refractivity contribution in [1.82, 2.24) is 13.7 Å². The lowest BCUT2D eigenvalue weighted by atomic mass is 9.98. The average Bonchev–Trinajstić information content (AvgIpc) is 3.75. The van der Waals surface area contributed by atoms with Gasteiger partial charge in [-0.05, 0) is 55.0 Å². The van der Waals surface area contributed by atoms with Crippen molar-refractivity contribution in [3.8, 4) is 11.4 Å². The van der Waals surface area contributed by atoms with Crippen LogP contribution in [0.2, 0.25) is 0 Å². The number of rotatable bonds is 3. The molecule has 3 heterocycles. The minimum atomic E-state index is 0.386. The van der Waals surface area contributed by atoms with Gasteiger partial charge in [-0.15, -0.1) is 0 Å². The van der Waals surface area contributed by atoms with E-state index in [1.807, 2.05) is 0 Å². The summed E-state index contributed by atoms with van der Waals surface area (Å²) in [5.41, 5.74) is 11.2. The maximum absolute atomic E-state index is 2.59. The summed E-state index contributed by atoms with van der Waals surface area (Å²) in [5, 5.41) is 7.71. The van der Waals surface area contributed by atoms with Crippen molar-refractivity contribution in [2.75, 3.05) is 0 Å². The highest BCUT2D eigenvalue weighted by atomic mass is 15.1. The van der Waals surface area contributed by atoms with Crippen molar-refractivity contribution >= 4 is 71.1 Å².